The van der Waals surface area contributed by atoms with Gasteiger partial charge in [0.15, 0.2) is 9.84 Å². The minimum Gasteiger partial charge on any atom is -0.465 e. The molecular formula is C14H14N2O6S2. The zero-order valence-electron chi connectivity index (χ0n) is 12.4. The number of nitrogens with one attached hydrogen (secondary N) is 1. The lowest BCUT2D eigenvalue weighted by Crippen LogP contribution is -2.43. The highest BCUT2D eigenvalue weighted by Gasteiger charge is 2.37. The second kappa shape index (κ2) is 6.44. The summed E-state index contributed by atoms with van der Waals surface area (Å²) in [7, 11) is -3.11. The first kappa shape index (κ1) is 16.8. The molecule has 1 aromatic heterocycles. The fraction of sp³-hybridized carbons (Fsp3) is 0.357. The quantitative estimate of drug-likeness (QED) is 0.773. The maximum Gasteiger partial charge on any atom is 0.294 e. The number of furan rings is 1. The van der Waals surface area contributed by atoms with Gasteiger partial charge in [-0.15, -0.1) is 0 Å². The van der Waals surface area contributed by atoms with E-state index in [4.69, 9.17) is 4.42 Å². The van der Waals surface area contributed by atoms with Crippen LogP contribution in [0, 0.1) is 0 Å². The molecule has 3 heterocycles. The average molecular weight is 370 g/mol. The van der Waals surface area contributed by atoms with Crippen LogP contribution < -0.4 is 5.32 Å². The first-order valence-corrected chi connectivity index (χ1v) is 9.76. The summed E-state index contributed by atoms with van der Waals surface area (Å²) in [6, 6.07) is 2.82. The lowest BCUT2D eigenvalue weighted by Gasteiger charge is -2.15. The van der Waals surface area contributed by atoms with Crippen molar-refractivity contribution in [3.63, 3.8) is 0 Å². The molecule has 0 radical (unpaired) electrons. The van der Waals surface area contributed by atoms with Crippen molar-refractivity contribution in [3.05, 3.63) is 29.1 Å². The molecular weight excluding hydrogens is 356 g/mol. The summed E-state index contributed by atoms with van der Waals surface area (Å²) in [4.78, 5) is 37.1. The van der Waals surface area contributed by atoms with Crippen molar-refractivity contribution >= 4 is 44.7 Å². The molecule has 1 aromatic rings. The SMILES string of the molecule is O=C(CN1C(=O)SC(=Cc2ccco2)C1=O)NC1CCS(=O)(=O)C1. The summed E-state index contributed by atoms with van der Waals surface area (Å²) in [6.45, 7) is -0.434. The molecule has 3 amide bonds. The Labute approximate surface area is 142 Å². The Kier molecular flexibility index (Phi) is 4.50. The van der Waals surface area contributed by atoms with Crippen LogP contribution in [0.15, 0.2) is 27.7 Å². The van der Waals surface area contributed by atoms with Crippen molar-refractivity contribution in [2.75, 3.05) is 18.1 Å². The van der Waals surface area contributed by atoms with E-state index in [9.17, 15) is 22.8 Å². The predicted octanol–water partition coefficient (Wildman–Crippen LogP) is 0.619. The fourth-order valence-corrected chi connectivity index (χ4v) is 4.96. The van der Waals surface area contributed by atoms with Crippen molar-refractivity contribution in [3.8, 4) is 0 Å². The first-order chi connectivity index (χ1) is 11.3. The highest BCUT2D eigenvalue weighted by Crippen LogP contribution is 2.32. The minimum absolute atomic E-state index is 0.0331. The zero-order chi connectivity index (χ0) is 17.3. The van der Waals surface area contributed by atoms with E-state index < -0.39 is 39.5 Å². The smallest absolute Gasteiger partial charge is 0.294 e. The monoisotopic (exact) mass is 370 g/mol. The van der Waals surface area contributed by atoms with E-state index in [1.807, 2.05) is 0 Å². The topological polar surface area (TPSA) is 114 Å². The Hall–Kier alpha value is -2.07. The van der Waals surface area contributed by atoms with Gasteiger partial charge in [0, 0.05) is 12.1 Å². The molecule has 0 saturated carbocycles. The van der Waals surface area contributed by atoms with Gasteiger partial charge in [0.05, 0.1) is 22.7 Å². The Balaban J connectivity index is 1.62. The normalized spacial score (nSPS) is 24.8. The summed E-state index contributed by atoms with van der Waals surface area (Å²) >= 11 is 0.727. The van der Waals surface area contributed by atoms with Crippen molar-refractivity contribution < 1.29 is 27.2 Å². The maximum absolute atomic E-state index is 12.2. The molecule has 2 aliphatic heterocycles. The summed E-state index contributed by atoms with van der Waals surface area (Å²) in [5.74, 6) is -0.778. The summed E-state index contributed by atoms with van der Waals surface area (Å²) in [6.07, 6.45) is 3.22. The number of rotatable bonds is 4. The van der Waals surface area contributed by atoms with Crippen LogP contribution in [0.3, 0.4) is 0 Å². The summed E-state index contributed by atoms with van der Waals surface area (Å²) in [5.41, 5.74) is 0. The second-order valence-corrected chi connectivity index (χ2v) is 8.67. The van der Waals surface area contributed by atoms with E-state index in [-0.39, 0.29) is 16.4 Å². The molecule has 1 atom stereocenters. The number of amides is 3. The molecule has 8 nitrogen and oxygen atoms in total. The van der Waals surface area contributed by atoms with Gasteiger partial charge in [0.2, 0.25) is 5.91 Å². The molecule has 128 valence electrons. The molecule has 2 saturated heterocycles. The number of nitrogens with zero attached hydrogens (tertiary/aromatic N) is 1. The molecule has 0 aliphatic carbocycles. The van der Waals surface area contributed by atoms with Gasteiger partial charge in [-0.1, -0.05) is 0 Å². The predicted molar refractivity (Wildman–Crippen MR) is 86.6 cm³/mol. The molecule has 1 unspecified atom stereocenters. The van der Waals surface area contributed by atoms with Gasteiger partial charge >= 0.3 is 0 Å². The molecule has 2 fully saturated rings. The number of sulfone groups is 1. The van der Waals surface area contributed by atoms with Gasteiger partial charge in [-0.05, 0) is 30.3 Å². The Bertz CT molecular complexity index is 812. The zero-order valence-corrected chi connectivity index (χ0v) is 14.1. The van der Waals surface area contributed by atoms with E-state index >= 15 is 0 Å². The van der Waals surface area contributed by atoms with Gasteiger partial charge in [0.25, 0.3) is 11.1 Å². The number of hydrogen-bond acceptors (Lipinski definition) is 7. The number of carbonyl (C=O) groups excluding carboxylic acids is 3. The van der Waals surface area contributed by atoms with E-state index in [0.717, 1.165) is 16.7 Å². The van der Waals surface area contributed by atoms with Gasteiger partial charge < -0.3 is 9.73 Å². The molecule has 10 heteroatoms. The van der Waals surface area contributed by atoms with Gasteiger partial charge in [-0.25, -0.2) is 8.42 Å². The number of hydrogen-bond donors (Lipinski definition) is 1. The van der Waals surface area contributed by atoms with Gasteiger partial charge in [0.1, 0.15) is 12.3 Å². The van der Waals surface area contributed by atoms with Crippen molar-refractivity contribution in [1.82, 2.24) is 10.2 Å². The molecule has 0 bridgehead atoms. The molecule has 0 aromatic carbocycles. The number of carbonyl (C=O) groups is 3. The van der Waals surface area contributed by atoms with E-state index in [1.165, 1.54) is 12.3 Å². The van der Waals surface area contributed by atoms with Crippen LogP contribution in [-0.4, -0.2) is 54.5 Å². The van der Waals surface area contributed by atoms with Crippen molar-refractivity contribution in [2.24, 2.45) is 0 Å². The fourth-order valence-electron chi connectivity index (χ4n) is 2.46. The highest BCUT2D eigenvalue weighted by atomic mass is 32.2. The summed E-state index contributed by atoms with van der Waals surface area (Å²) in [5, 5.41) is 2.00. The van der Waals surface area contributed by atoms with E-state index in [2.05, 4.69) is 5.32 Å². The van der Waals surface area contributed by atoms with Crippen LogP contribution in [0.4, 0.5) is 4.79 Å². The Morgan fingerprint density at radius 1 is 1.46 bits per heavy atom. The van der Waals surface area contributed by atoms with Crippen LogP contribution in [0.2, 0.25) is 0 Å². The van der Waals surface area contributed by atoms with Crippen LogP contribution >= 0.6 is 11.8 Å². The molecule has 1 N–H and O–H groups in total. The Morgan fingerprint density at radius 3 is 2.88 bits per heavy atom. The first-order valence-electron chi connectivity index (χ1n) is 7.13. The maximum atomic E-state index is 12.2. The van der Waals surface area contributed by atoms with Crippen LogP contribution in [-0.2, 0) is 19.4 Å². The van der Waals surface area contributed by atoms with Gasteiger partial charge in [-0.2, -0.15) is 0 Å². The third kappa shape index (κ3) is 3.70. The standard InChI is InChI=1S/C14H14N2O6S2/c17-12(15-9-3-5-24(20,21)8-9)7-16-13(18)11(23-14(16)19)6-10-2-1-4-22-10/h1-2,4,6,9H,3,5,7-8H2,(H,15,17). The molecule has 0 spiro atoms. The largest absolute Gasteiger partial charge is 0.465 e. The Morgan fingerprint density at radius 2 is 2.25 bits per heavy atom. The number of thioether (sulfide) groups is 1. The summed E-state index contributed by atoms with van der Waals surface area (Å²) < 4.78 is 27.8. The average Bonchev–Trinajstić information content (AvgIpc) is 3.17. The van der Waals surface area contributed by atoms with Crippen molar-refractivity contribution in [2.45, 2.75) is 12.5 Å². The third-order valence-corrected chi connectivity index (χ3v) is 6.26. The van der Waals surface area contributed by atoms with Crippen LogP contribution in [0.1, 0.15) is 12.2 Å². The van der Waals surface area contributed by atoms with Crippen molar-refractivity contribution in [1.29, 1.82) is 0 Å². The molecule has 2 aliphatic rings. The van der Waals surface area contributed by atoms with E-state index in [1.54, 1.807) is 12.1 Å². The molecule has 24 heavy (non-hydrogen) atoms. The third-order valence-electron chi connectivity index (χ3n) is 3.59. The second-order valence-electron chi connectivity index (χ2n) is 5.45. The van der Waals surface area contributed by atoms with Crippen LogP contribution in [0.25, 0.3) is 6.08 Å². The van der Waals surface area contributed by atoms with Crippen LogP contribution in [0.5, 0.6) is 0 Å². The lowest BCUT2D eigenvalue weighted by atomic mass is 10.2. The van der Waals surface area contributed by atoms with E-state index in [0.29, 0.717) is 12.2 Å². The minimum atomic E-state index is -3.11. The lowest BCUT2D eigenvalue weighted by molar-refractivity contribution is -0.129. The van der Waals surface area contributed by atoms with Gasteiger partial charge in [-0.3, -0.25) is 19.3 Å². The molecule has 3 rings (SSSR count). The number of imide groups is 1. The highest BCUT2D eigenvalue weighted by molar-refractivity contribution is 8.18.